The fraction of sp³-hybridized carbons (Fsp3) is 0.500. The van der Waals surface area contributed by atoms with Crippen LogP contribution in [0.2, 0.25) is 0 Å². The Labute approximate surface area is 172 Å². The number of aliphatic hydroxyl groups is 1. The Bertz CT molecular complexity index is 855. The van der Waals surface area contributed by atoms with Crippen LogP contribution in [0.5, 0.6) is 11.5 Å². The van der Waals surface area contributed by atoms with Crippen LogP contribution in [0.25, 0.3) is 0 Å². The standard InChI is InChI=1S/C24H30FNO3/c1-16(2)29-22-10-7-17(11-23(22)28-3)15-26-20-8-9-21(26)14-24(27,13-20)18-5-4-6-19(25)12-18/h4-7,10-12,16,20-21,27H,8-9,13-15H2,1-3H3/t20-,21-/m1/s1. The van der Waals surface area contributed by atoms with E-state index in [0.717, 1.165) is 30.9 Å². The first-order chi connectivity index (χ1) is 13.9. The molecule has 0 saturated carbocycles. The van der Waals surface area contributed by atoms with Gasteiger partial charge in [0.05, 0.1) is 18.8 Å². The highest BCUT2D eigenvalue weighted by molar-refractivity contribution is 5.43. The normalized spacial score (nSPS) is 26.7. The van der Waals surface area contributed by atoms with Crippen LogP contribution in [0.15, 0.2) is 42.5 Å². The fourth-order valence-electron chi connectivity index (χ4n) is 4.96. The molecule has 2 aromatic carbocycles. The summed E-state index contributed by atoms with van der Waals surface area (Å²) in [5, 5.41) is 11.3. The highest BCUT2D eigenvalue weighted by Crippen LogP contribution is 2.46. The van der Waals surface area contributed by atoms with Gasteiger partial charge >= 0.3 is 0 Å². The molecule has 2 aromatic rings. The summed E-state index contributed by atoms with van der Waals surface area (Å²) < 4.78 is 25.1. The highest BCUT2D eigenvalue weighted by atomic mass is 19.1. The lowest BCUT2D eigenvalue weighted by atomic mass is 9.80. The van der Waals surface area contributed by atoms with Crippen LogP contribution in [0.4, 0.5) is 4.39 Å². The van der Waals surface area contributed by atoms with Crippen molar-refractivity contribution >= 4 is 0 Å². The van der Waals surface area contributed by atoms with E-state index in [-0.39, 0.29) is 11.9 Å². The zero-order valence-corrected chi connectivity index (χ0v) is 17.4. The van der Waals surface area contributed by atoms with Gasteiger partial charge < -0.3 is 14.6 Å². The van der Waals surface area contributed by atoms with Crippen molar-refractivity contribution in [2.45, 2.75) is 69.9 Å². The molecule has 2 saturated heterocycles. The van der Waals surface area contributed by atoms with Gasteiger partial charge in [-0.1, -0.05) is 18.2 Å². The van der Waals surface area contributed by atoms with Gasteiger partial charge in [-0.3, -0.25) is 4.90 Å². The molecule has 0 unspecified atom stereocenters. The number of hydrogen-bond acceptors (Lipinski definition) is 4. The molecule has 2 atom stereocenters. The van der Waals surface area contributed by atoms with Crippen molar-refractivity contribution in [2.75, 3.05) is 7.11 Å². The maximum Gasteiger partial charge on any atom is 0.161 e. The lowest BCUT2D eigenvalue weighted by molar-refractivity contribution is -0.0596. The van der Waals surface area contributed by atoms with E-state index in [1.54, 1.807) is 13.2 Å². The third kappa shape index (κ3) is 4.12. The van der Waals surface area contributed by atoms with E-state index in [4.69, 9.17) is 9.47 Å². The molecule has 5 heteroatoms. The predicted molar refractivity (Wildman–Crippen MR) is 111 cm³/mol. The summed E-state index contributed by atoms with van der Waals surface area (Å²) in [6.07, 6.45) is 3.49. The van der Waals surface area contributed by atoms with E-state index in [0.29, 0.717) is 30.5 Å². The van der Waals surface area contributed by atoms with Gasteiger partial charge in [0.1, 0.15) is 5.82 Å². The predicted octanol–water partition coefficient (Wildman–Crippen LogP) is 4.64. The minimum atomic E-state index is -0.947. The fourth-order valence-corrected chi connectivity index (χ4v) is 4.96. The van der Waals surface area contributed by atoms with E-state index < -0.39 is 5.60 Å². The number of nitrogens with zero attached hydrogens (tertiary/aromatic N) is 1. The minimum absolute atomic E-state index is 0.0909. The minimum Gasteiger partial charge on any atom is -0.493 e. The average Bonchev–Trinajstić information content (AvgIpc) is 2.92. The van der Waals surface area contributed by atoms with Gasteiger partial charge in [0.15, 0.2) is 11.5 Å². The lowest BCUT2D eigenvalue weighted by Crippen LogP contribution is -2.49. The molecule has 156 valence electrons. The topological polar surface area (TPSA) is 41.9 Å². The Hall–Kier alpha value is -2.11. The number of methoxy groups -OCH3 is 1. The molecule has 2 aliphatic rings. The molecule has 4 nitrogen and oxygen atoms in total. The molecule has 2 bridgehead atoms. The molecular weight excluding hydrogens is 369 g/mol. The van der Waals surface area contributed by atoms with Gasteiger partial charge in [0.2, 0.25) is 0 Å². The van der Waals surface area contributed by atoms with Crippen molar-refractivity contribution in [3.05, 3.63) is 59.4 Å². The van der Waals surface area contributed by atoms with Crippen molar-refractivity contribution < 1.29 is 19.0 Å². The van der Waals surface area contributed by atoms with Crippen LogP contribution in [0.1, 0.15) is 50.7 Å². The van der Waals surface area contributed by atoms with Crippen LogP contribution in [0, 0.1) is 5.82 Å². The number of rotatable bonds is 6. The second-order valence-corrected chi connectivity index (χ2v) is 8.66. The van der Waals surface area contributed by atoms with Crippen LogP contribution in [0.3, 0.4) is 0 Å². The summed E-state index contributed by atoms with van der Waals surface area (Å²) in [6.45, 7) is 4.81. The monoisotopic (exact) mass is 399 g/mol. The molecule has 0 radical (unpaired) electrons. The van der Waals surface area contributed by atoms with Gasteiger partial charge in [0.25, 0.3) is 0 Å². The van der Waals surface area contributed by atoms with Crippen molar-refractivity contribution in [1.29, 1.82) is 0 Å². The van der Waals surface area contributed by atoms with E-state index in [9.17, 15) is 9.50 Å². The van der Waals surface area contributed by atoms with E-state index in [1.807, 2.05) is 32.0 Å². The van der Waals surface area contributed by atoms with Crippen molar-refractivity contribution in [3.63, 3.8) is 0 Å². The second-order valence-electron chi connectivity index (χ2n) is 8.66. The second kappa shape index (κ2) is 7.96. The summed E-state index contributed by atoms with van der Waals surface area (Å²) >= 11 is 0. The molecule has 0 amide bonds. The molecular formula is C24H30FNO3. The van der Waals surface area contributed by atoms with E-state index >= 15 is 0 Å². The molecule has 0 aliphatic carbocycles. The van der Waals surface area contributed by atoms with Gasteiger partial charge in [-0.15, -0.1) is 0 Å². The Balaban J connectivity index is 1.51. The Morgan fingerprint density at radius 2 is 1.83 bits per heavy atom. The van der Waals surface area contributed by atoms with Gasteiger partial charge in [0, 0.05) is 18.6 Å². The number of halogens is 1. The number of fused-ring (bicyclic) bond motifs is 2. The van der Waals surface area contributed by atoms with Crippen molar-refractivity contribution in [3.8, 4) is 11.5 Å². The van der Waals surface area contributed by atoms with Gasteiger partial charge in [-0.05, 0) is 74.9 Å². The molecule has 4 rings (SSSR count). The number of benzene rings is 2. The van der Waals surface area contributed by atoms with E-state index in [2.05, 4.69) is 11.0 Å². The number of ether oxygens (including phenoxy) is 2. The molecule has 0 aromatic heterocycles. The quantitative estimate of drug-likeness (QED) is 0.769. The zero-order valence-electron chi connectivity index (χ0n) is 17.4. The molecule has 2 aliphatic heterocycles. The van der Waals surface area contributed by atoms with Crippen LogP contribution in [-0.2, 0) is 12.1 Å². The first-order valence-corrected chi connectivity index (χ1v) is 10.5. The van der Waals surface area contributed by atoms with Crippen molar-refractivity contribution in [1.82, 2.24) is 4.90 Å². The maximum absolute atomic E-state index is 13.7. The smallest absolute Gasteiger partial charge is 0.161 e. The Morgan fingerprint density at radius 3 is 2.45 bits per heavy atom. The zero-order chi connectivity index (χ0) is 20.6. The summed E-state index contributed by atoms with van der Waals surface area (Å²) in [4.78, 5) is 2.49. The highest BCUT2D eigenvalue weighted by Gasteiger charge is 2.48. The van der Waals surface area contributed by atoms with Gasteiger partial charge in [-0.2, -0.15) is 0 Å². The largest absolute Gasteiger partial charge is 0.493 e. The maximum atomic E-state index is 13.7. The summed E-state index contributed by atoms with van der Waals surface area (Å²) in [5.74, 6) is 1.21. The molecule has 1 N–H and O–H groups in total. The lowest BCUT2D eigenvalue weighted by Gasteiger charge is -2.44. The first kappa shape index (κ1) is 20.2. The summed E-state index contributed by atoms with van der Waals surface area (Å²) in [5.41, 5.74) is 0.925. The third-order valence-corrected chi connectivity index (χ3v) is 6.24. The van der Waals surface area contributed by atoms with Crippen molar-refractivity contribution in [2.24, 2.45) is 0 Å². The molecule has 29 heavy (non-hydrogen) atoms. The number of piperidine rings is 1. The van der Waals surface area contributed by atoms with Crippen LogP contribution in [-0.4, -0.2) is 35.3 Å². The summed E-state index contributed by atoms with van der Waals surface area (Å²) in [7, 11) is 1.66. The summed E-state index contributed by atoms with van der Waals surface area (Å²) in [6, 6.07) is 13.1. The Kier molecular flexibility index (Phi) is 5.54. The van der Waals surface area contributed by atoms with Crippen LogP contribution >= 0.6 is 0 Å². The van der Waals surface area contributed by atoms with Crippen LogP contribution < -0.4 is 9.47 Å². The first-order valence-electron chi connectivity index (χ1n) is 10.5. The molecule has 0 spiro atoms. The Morgan fingerprint density at radius 1 is 1.10 bits per heavy atom. The van der Waals surface area contributed by atoms with E-state index in [1.165, 1.54) is 17.7 Å². The third-order valence-electron chi connectivity index (χ3n) is 6.24. The van der Waals surface area contributed by atoms with Gasteiger partial charge in [-0.25, -0.2) is 4.39 Å². The molecule has 2 heterocycles. The molecule has 2 fully saturated rings. The SMILES string of the molecule is COc1cc(CN2[C@@H]3CC[C@@H]2CC(O)(c2cccc(F)c2)C3)ccc1OC(C)C. The number of hydrogen-bond donors (Lipinski definition) is 1. The average molecular weight is 400 g/mol.